The van der Waals surface area contributed by atoms with Crippen LogP contribution in [0.3, 0.4) is 0 Å². The lowest BCUT2D eigenvalue weighted by atomic mass is 10.0. The van der Waals surface area contributed by atoms with Gasteiger partial charge in [0.2, 0.25) is 5.91 Å². The zero-order chi connectivity index (χ0) is 17.7. The Morgan fingerprint density at radius 3 is 2.52 bits per heavy atom. The highest BCUT2D eigenvalue weighted by Gasteiger charge is 2.24. The molecule has 0 saturated heterocycles. The first-order valence-corrected chi connectivity index (χ1v) is 7.44. The van der Waals surface area contributed by atoms with Crippen LogP contribution in [0.15, 0.2) is 30.5 Å². The van der Waals surface area contributed by atoms with Crippen molar-refractivity contribution in [2.24, 2.45) is 5.73 Å². The van der Waals surface area contributed by atoms with Crippen molar-refractivity contribution in [2.45, 2.75) is 31.3 Å². The normalized spacial score (nSPS) is 12.8. The van der Waals surface area contributed by atoms with Crippen LogP contribution in [0.5, 0.6) is 0 Å². The molecule has 1 amide bonds. The number of nitrogens with one attached hydrogen (secondary N) is 2. The van der Waals surface area contributed by atoms with Gasteiger partial charge < -0.3 is 26.2 Å². The number of H-pyrrole nitrogens is 1. The van der Waals surface area contributed by atoms with Gasteiger partial charge in [-0.2, -0.15) is 0 Å². The second-order valence-electron chi connectivity index (χ2n) is 5.50. The van der Waals surface area contributed by atoms with Gasteiger partial charge in [-0.05, 0) is 24.5 Å². The zero-order valence-corrected chi connectivity index (χ0v) is 14.1. The second kappa shape index (κ2) is 9.05. The first-order chi connectivity index (χ1) is 11.4. The third kappa shape index (κ3) is 5.47. The van der Waals surface area contributed by atoms with E-state index in [1.165, 1.54) is 0 Å². The molecule has 1 aromatic heterocycles. The number of amides is 1. The van der Waals surface area contributed by atoms with Crippen LogP contribution in [-0.2, 0) is 20.8 Å². The van der Waals surface area contributed by atoms with E-state index in [1.807, 2.05) is 24.3 Å². The van der Waals surface area contributed by atoms with Crippen LogP contribution in [0.2, 0.25) is 0 Å². The number of benzene rings is 1. The number of fused-ring (bicyclic) bond motifs is 1. The average molecular weight is 370 g/mol. The predicted octanol–water partition coefficient (Wildman–Crippen LogP) is 0.894. The van der Waals surface area contributed by atoms with Gasteiger partial charge in [-0.3, -0.25) is 9.59 Å². The molecule has 9 heteroatoms. The number of aromatic nitrogens is 1. The van der Waals surface area contributed by atoms with Crippen molar-refractivity contribution in [3.05, 3.63) is 36.0 Å². The summed E-state index contributed by atoms with van der Waals surface area (Å²) in [5.41, 5.74) is 7.64. The molecule has 0 aliphatic rings. The summed E-state index contributed by atoms with van der Waals surface area (Å²) in [5.74, 6) is -3.04. The summed E-state index contributed by atoms with van der Waals surface area (Å²) < 4.78 is 0. The van der Waals surface area contributed by atoms with Crippen LogP contribution < -0.4 is 11.1 Å². The van der Waals surface area contributed by atoms with E-state index >= 15 is 0 Å². The van der Waals surface area contributed by atoms with Crippen molar-refractivity contribution in [1.29, 1.82) is 0 Å². The quantitative estimate of drug-likeness (QED) is 0.467. The maximum absolute atomic E-state index is 12.1. The molecule has 0 saturated carbocycles. The van der Waals surface area contributed by atoms with Crippen LogP contribution in [-0.4, -0.2) is 45.1 Å². The molecule has 1 heterocycles. The Hall–Kier alpha value is -2.58. The van der Waals surface area contributed by atoms with E-state index in [-0.39, 0.29) is 31.7 Å². The molecule has 0 bridgehead atoms. The predicted molar refractivity (Wildman–Crippen MR) is 93.7 cm³/mol. The van der Waals surface area contributed by atoms with Gasteiger partial charge in [-0.25, -0.2) is 4.79 Å². The Balaban J connectivity index is 0.00000312. The first-order valence-electron chi connectivity index (χ1n) is 7.44. The van der Waals surface area contributed by atoms with E-state index in [9.17, 15) is 14.4 Å². The second-order valence-corrected chi connectivity index (χ2v) is 5.50. The molecule has 0 aliphatic carbocycles. The fourth-order valence-electron chi connectivity index (χ4n) is 2.43. The molecule has 0 fully saturated rings. The van der Waals surface area contributed by atoms with Crippen molar-refractivity contribution in [2.75, 3.05) is 0 Å². The lowest BCUT2D eigenvalue weighted by Gasteiger charge is -2.17. The van der Waals surface area contributed by atoms with E-state index in [2.05, 4.69) is 10.3 Å². The Labute approximate surface area is 149 Å². The smallest absolute Gasteiger partial charge is 0.326 e. The fraction of sp³-hybridized carbons (Fsp3) is 0.312. The van der Waals surface area contributed by atoms with Crippen LogP contribution >= 0.6 is 12.4 Å². The molecule has 6 N–H and O–H groups in total. The van der Waals surface area contributed by atoms with Crippen LogP contribution in [0.1, 0.15) is 18.4 Å². The number of carbonyl (C=O) groups excluding carboxylic acids is 1. The Morgan fingerprint density at radius 1 is 1.20 bits per heavy atom. The Kier molecular flexibility index (Phi) is 7.41. The molecular weight excluding hydrogens is 350 g/mol. The lowest BCUT2D eigenvalue weighted by Crippen LogP contribution is -2.49. The standard InChI is InChI=1S/C16H19N3O5.ClH/c17-11(7-9-8-18-12-4-2-1-3-10(9)12)15(22)19-13(16(23)24)5-6-14(20)21;/h1-4,8,11,13,18H,5-7,17H2,(H,19,22)(H,20,21)(H,23,24);1H/t11-,13-;/m0./s1. The number of aliphatic carboxylic acids is 2. The molecule has 1 aromatic carbocycles. The van der Waals surface area contributed by atoms with Crippen molar-refractivity contribution in [1.82, 2.24) is 10.3 Å². The number of carboxylic acid groups (broad SMARTS) is 2. The summed E-state index contributed by atoms with van der Waals surface area (Å²) in [5, 5.41) is 20.9. The van der Waals surface area contributed by atoms with Gasteiger partial charge in [0.1, 0.15) is 6.04 Å². The number of carboxylic acids is 2. The number of carbonyl (C=O) groups is 3. The summed E-state index contributed by atoms with van der Waals surface area (Å²) in [6.07, 6.45) is 1.45. The number of aromatic amines is 1. The zero-order valence-electron chi connectivity index (χ0n) is 13.3. The van der Waals surface area contributed by atoms with Crippen LogP contribution in [0.4, 0.5) is 0 Å². The van der Waals surface area contributed by atoms with E-state index in [0.29, 0.717) is 0 Å². The number of hydrogen-bond donors (Lipinski definition) is 5. The molecule has 8 nitrogen and oxygen atoms in total. The maximum Gasteiger partial charge on any atom is 0.326 e. The van der Waals surface area contributed by atoms with E-state index in [4.69, 9.17) is 15.9 Å². The van der Waals surface area contributed by atoms with Gasteiger partial charge in [-0.15, -0.1) is 12.4 Å². The molecule has 2 aromatic rings. The minimum Gasteiger partial charge on any atom is -0.481 e. The van der Waals surface area contributed by atoms with Crippen LogP contribution in [0, 0.1) is 0 Å². The monoisotopic (exact) mass is 369 g/mol. The van der Waals surface area contributed by atoms with Crippen molar-refractivity contribution in [3.8, 4) is 0 Å². The van der Waals surface area contributed by atoms with Crippen molar-refractivity contribution in [3.63, 3.8) is 0 Å². The summed E-state index contributed by atoms with van der Waals surface area (Å²) in [7, 11) is 0. The highest BCUT2D eigenvalue weighted by molar-refractivity contribution is 5.88. The lowest BCUT2D eigenvalue weighted by molar-refractivity contribution is -0.143. The highest BCUT2D eigenvalue weighted by atomic mass is 35.5. The molecule has 0 spiro atoms. The largest absolute Gasteiger partial charge is 0.481 e. The molecule has 0 radical (unpaired) electrons. The number of nitrogens with two attached hydrogens (primary N) is 1. The number of hydrogen-bond acceptors (Lipinski definition) is 4. The number of halogens is 1. The molecule has 0 aliphatic heterocycles. The van der Waals surface area contributed by atoms with Gasteiger partial charge in [-0.1, -0.05) is 18.2 Å². The first kappa shape index (κ1) is 20.5. The molecule has 2 rings (SSSR count). The van der Waals surface area contributed by atoms with E-state index < -0.39 is 29.9 Å². The molecule has 25 heavy (non-hydrogen) atoms. The van der Waals surface area contributed by atoms with Crippen LogP contribution in [0.25, 0.3) is 10.9 Å². The van der Waals surface area contributed by atoms with Gasteiger partial charge >= 0.3 is 11.9 Å². The molecule has 136 valence electrons. The van der Waals surface area contributed by atoms with E-state index in [1.54, 1.807) is 6.20 Å². The third-order valence-electron chi connectivity index (χ3n) is 3.71. The SMILES string of the molecule is Cl.N[C@@H](Cc1c[nH]c2ccccc12)C(=O)N[C@@H](CCC(=O)O)C(=O)O. The summed E-state index contributed by atoms with van der Waals surface area (Å²) in [6.45, 7) is 0. The Morgan fingerprint density at radius 2 is 1.88 bits per heavy atom. The minimum atomic E-state index is -1.29. The molecule has 2 atom stereocenters. The van der Waals surface area contributed by atoms with E-state index in [0.717, 1.165) is 16.5 Å². The van der Waals surface area contributed by atoms with Gasteiger partial charge in [0.25, 0.3) is 0 Å². The summed E-state index contributed by atoms with van der Waals surface area (Å²) in [4.78, 5) is 36.8. The fourth-order valence-corrected chi connectivity index (χ4v) is 2.43. The average Bonchev–Trinajstić information content (AvgIpc) is 2.94. The Bertz CT molecular complexity index is 761. The highest BCUT2D eigenvalue weighted by Crippen LogP contribution is 2.18. The van der Waals surface area contributed by atoms with Gasteiger partial charge in [0.05, 0.1) is 6.04 Å². The van der Waals surface area contributed by atoms with Crippen molar-refractivity contribution >= 4 is 41.2 Å². The molecular formula is C16H20ClN3O5. The number of rotatable bonds is 8. The summed E-state index contributed by atoms with van der Waals surface area (Å²) >= 11 is 0. The summed E-state index contributed by atoms with van der Waals surface area (Å²) in [6, 6.07) is 5.35. The third-order valence-corrected chi connectivity index (χ3v) is 3.71. The van der Waals surface area contributed by atoms with Gasteiger partial charge in [0, 0.05) is 23.5 Å². The van der Waals surface area contributed by atoms with Crippen molar-refractivity contribution < 1.29 is 24.6 Å². The minimum absolute atomic E-state index is 0. The topological polar surface area (TPSA) is 146 Å². The molecule has 0 unspecified atom stereocenters. The number of para-hydroxylation sites is 1. The van der Waals surface area contributed by atoms with Gasteiger partial charge in [0.15, 0.2) is 0 Å². The maximum atomic E-state index is 12.1.